The SMILES string of the molecule is CC(C)CNCc1cccc(C#N)c1F. The third kappa shape index (κ3) is 3.34. The van der Waals surface area contributed by atoms with E-state index in [0.717, 1.165) is 6.54 Å². The van der Waals surface area contributed by atoms with Crippen LogP contribution in [0, 0.1) is 23.1 Å². The third-order valence-electron chi connectivity index (χ3n) is 2.07. The van der Waals surface area contributed by atoms with Crippen LogP contribution in [-0.4, -0.2) is 6.54 Å². The van der Waals surface area contributed by atoms with E-state index >= 15 is 0 Å². The summed E-state index contributed by atoms with van der Waals surface area (Å²) < 4.78 is 13.5. The first-order chi connectivity index (χ1) is 7.15. The molecular weight excluding hydrogens is 191 g/mol. The van der Waals surface area contributed by atoms with Gasteiger partial charge in [-0.25, -0.2) is 4.39 Å². The summed E-state index contributed by atoms with van der Waals surface area (Å²) in [6.07, 6.45) is 0. The minimum atomic E-state index is -0.406. The van der Waals surface area contributed by atoms with E-state index in [1.54, 1.807) is 12.1 Å². The van der Waals surface area contributed by atoms with E-state index < -0.39 is 5.82 Å². The lowest BCUT2D eigenvalue weighted by atomic mass is 10.1. The Morgan fingerprint density at radius 3 is 2.80 bits per heavy atom. The summed E-state index contributed by atoms with van der Waals surface area (Å²) in [6.45, 7) is 5.50. The van der Waals surface area contributed by atoms with Crippen LogP contribution in [0.25, 0.3) is 0 Å². The van der Waals surface area contributed by atoms with Gasteiger partial charge < -0.3 is 5.32 Å². The highest BCUT2D eigenvalue weighted by Gasteiger charge is 2.06. The molecule has 0 heterocycles. The number of nitrogens with one attached hydrogen (secondary N) is 1. The van der Waals surface area contributed by atoms with Crippen LogP contribution in [0.5, 0.6) is 0 Å². The van der Waals surface area contributed by atoms with E-state index in [4.69, 9.17) is 5.26 Å². The van der Waals surface area contributed by atoms with Gasteiger partial charge in [0.1, 0.15) is 11.9 Å². The molecule has 2 nitrogen and oxygen atoms in total. The molecule has 1 aromatic rings. The molecule has 0 aliphatic heterocycles. The minimum Gasteiger partial charge on any atom is -0.312 e. The Hall–Kier alpha value is -1.40. The molecule has 15 heavy (non-hydrogen) atoms. The highest BCUT2D eigenvalue weighted by atomic mass is 19.1. The van der Waals surface area contributed by atoms with Crippen LogP contribution in [0.15, 0.2) is 18.2 Å². The maximum Gasteiger partial charge on any atom is 0.145 e. The average Bonchev–Trinajstić information content (AvgIpc) is 2.20. The lowest BCUT2D eigenvalue weighted by molar-refractivity contribution is 0.534. The zero-order valence-corrected chi connectivity index (χ0v) is 9.05. The lowest BCUT2D eigenvalue weighted by Gasteiger charge is -2.08. The van der Waals surface area contributed by atoms with Gasteiger partial charge in [-0.15, -0.1) is 0 Å². The molecule has 1 aromatic carbocycles. The summed E-state index contributed by atoms with van der Waals surface area (Å²) in [7, 11) is 0. The molecule has 3 heteroatoms. The van der Waals surface area contributed by atoms with Gasteiger partial charge in [-0.1, -0.05) is 26.0 Å². The largest absolute Gasteiger partial charge is 0.312 e. The molecule has 0 aliphatic rings. The Bertz CT molecular complexity index is 366. The van der Waals surface area contributed by atoms with Gasteiger partial charge in [0.05, 0.1) is 5.56 Å². The predicted octanol–water partition coefficient (Wildman–Crippen LogP) is 2.44. The Morgan fingerprint density at radius 2 is 2.20 bits per heavy atom. The third-order valence-corrected chi connectivity index (χ3v) is 2.07. The predicted molar refractivity (Wildman–Crippen MR) is 57.7 cm³/mol. The van der Waals surface area contributed by atoms with Crippen molar-refractivity contribution in [2.24, 2.45) is 5.92 Å². The van der Waals surface area contributed by atoms with Crippen LogP contribution < -0.4 is 5.32 Å². The van der Waals surface area contributed by atoms with Crippen LogP contribution in [0.2, 0.25) is 0 Å². The van der Waals surface area contributed by atoms with Crippen LogP contribution in [0.3, 0.4) is 0 Å². The van der Waals surface area contributed by atoms with E-state index in [0.29, 0.717) is 18.0 Å². The van der Waals surface area contributed by atoms with Gasteiger partial charge in [0.2, 0.25) is 0 Å². The van der Waals surface area contributed by atoms with Crippen molar-refractivity contribution in [2.45, 2.75) is 20.4 Å². The van der Waals surface area contributed by atoms with E-state index in [-0.39, 0.29) is 5.56 Å². The van der Waals surface area contributed by atoms with Crippen molar-refractivity contribution in [1.29, 1.82) is 5.26 Å². The fourth-order valence-corrected chi connectivity index (χ4v) is 1.30. The Morgan fingerprint density at radius 1 is 1.47 bits per heavy atom. The smallest absolute Gasteiger partial charge is 0.145 e. The van der Waals surface area contributed by atoms with Gasteiger partial charge in [-0.3, -0.25) is 0 Å². The van der Waals surface area contributed by atoms with Gasteiger partial charge in [0, 0.05) is 12.1 Å². The van der Waals surface area contributed by atoms with Gasteiger partial charge >= 0.3 is 0 Å². The molecule has 0 saturated carbocycles. The molecule has 0 radical (unpaired) electrons. The molecule has 0 unspecified atom stereocenters. The molecule has 0 bridgehead atoms. The molecule has 1 N–H and O–H groups in total. The second kappa shape index (κ2) is 5.47. The van der Waals surface area contributed by atoms with Gasteiger partial charge in [-0.2, -0.15) is 5.26 Å². The molecule has 0 spiro atoms. The Balaban J connectivity index is 2.66. The van der Waals surface area contributed by atoms with E-state index in [9.17, 15) is 4.39 Å². The summed E-state index contributed by atoms with van der Waals surface area (Å²) in [5, 5.41) is 11.8. The number of hydrogen-bond donors (Lipinski definition) is 1. The lowest BCUT2D eigenvalue weighted by Crippen LogP contribution is -2.19. The zero-order valence-electron chi connectivity index (χ0n) is 9.05. The summed E-state index contributed by atoms with van der Waals surface area (Å²) in [5.41, 5.74) is 0.661. The van der Waals surface area contributed by atoms with Crippen molar-refractivity contribution in [2.75, 3.05) is 6.54 Å². The number of nitrogens with zero attached hydrogens (tertiary/aromatic N) is 1. The summed E-state index contributed by atoms with van der Waals surface area (Å²) in [5.74, 6) is 0.128. The van der Waals surface area contributed by atoms with Gasteiger partial charge in [-0.05, 0) is 18.5 Å². The molecule has 0 atom stereocenters. The second-order valence-corrected chi connectivity index (χ2v) is 3.92. The first kappa shape index (κ1) is 11.7. The summed E-state index contributed by atoms with van der Waals surface area (Å²) in [4.78, 5) is 0. The van der Waals surface area contributed by atoms with E-state index in [2.05, 4.69) is 19.2 Å². The minimum absolute atomic E-state index is 0.110. The number of nitriles is 1. The van der Waals surface area contributed by atoms with Crippen molar-refractivity contribution >= 4 is 0 Å². The first-order valence-corrected chi connectivity index (χ1v) is 5.03. The number of hydrogen-bond acceptors (Lipinski definition) is 2. The molecule has 0 saturated heterocycles. The van der Waals surface area contributed by atoms with Crippen molar-refractivity contribution in [3.8, 4) is 6.07 Å². The maximum atomic E-state index is 13.5. The quantitative estimate of drug-likeness (QED) is 0.821. The Kier molecular flexibility index (Phi) is 4.26. The normalized spacial score (nSPS) is 10.3. The van der Waals surface area contributed by atoms with E-state index in [1.807, 2.05) is 6.07 Å². The monoisotopic (exact) mass is 206 g/mol. The summed E-state index contributed by atoms with van der Waals surface area (Å²) in [6, 6.07) is 6.72. The van der Waals surface area contributed by atoms with Crippen molar-refractivity contribution < 1.29 is 4.39 Å². The van der Waals surface area contributed by atoms with Crippen LogP contribution in [0.1, 0.15) is 25.0 Å². The molecule has 1 rings (SSSR count). The fraction of sp³-hybridized carbons (Fsp3) is 0.417. The summed E-state index contributed by atoms with van der Waals surface area (Å²) >= 11 is 0. The highest BCUT2D eigenvalue weighted by Crippen LogP contribution is 2.11. The van der Waals surface area contributed by atoms with Crippen molar-refractivity contribution in [3.05, 3.63) is 35.1 Å². The molecule has 0 fully saturated rings. The highest BCUT2D eigenvalue weighted by molar-refractivity contribution is 5.34. The zero-order chi connectivity index (χ0) is 11.3. The van der Waals surface area contributed by atoms with Crippen molar-refractivity contribution in [1.82, 2.24) is 5.32 Å². The van der Waals surface area contributed by atoms with Crippen LogP contribution in [-0.2, 0) is 6.54 Å². The standard InChI is InChI=1S/C12H15FN2/c1-9(2)7-15-8-11-5-3-4-10(6-14)12(11)13/h3-5,9,15H,7-8H2,1-2H3. The van der Waals surface area contributed by atoms with Gasteiger partial charge in [0.15, 0.2) is 0 Å². The number of rotatable bonds is 4. The fourth-order valence-electron chi connectivity index (χ4n) is 1.30. The molecule has 0 amide bonds. The Labute approximate surface area is 89.7 Å². The van der Waals surface area contributed by atoms with Gasteiger partial charge in [0.25, 0.3) is 0 Å². The first-order valence-electron chi connectivity index (χ1n) is 5.03. The van der Waals surface area contributed by atoms with Crippen LogP contribution >= 0.6 is 0 Å². The van der Waals surface area contributed by atoms with E-state index in [1.165, 1.54) is 6.07 Å². The van der Waals surface area contributed by atoms with Crippen LogP contribution in [0.4, 0.5) is 4.39 Å². The molecule has 0 aliphatic carbocycles. The van der Waals surface area contributed by atoms with Crippen molar-refractivity contribution in [3.63, 3.8) is 0 Å². The topological polar surface area (TPSA) is 35.8 Å². The maximum absolute atomic E-state index is 13.5. The second-order valence-electron chi connectivity index (χ2n) is 3.92. The number of benzene rings is 1. The average molecular weight is 206 g/mol. The molecular formula is C12H15FN2. The number of halogens is 1. The molecule has 0 aromatic heterocycles. The molecule has 80 valence electrons.